The lowest BCUT2D eigenvalue weighted by atomic mass is 10.1. The van der Waals surface area contributed by atoms with Gasteiger partial charge < -0.3 is 9.47 Å². The molecule has 0 bridgehead atoms. The molecule has 1 rings (SSSR count). The lowest BCUT2D eigenvalue weighted by Gasteiger charge is -2.28. The van der Waals surface area contributed by atoms with Crippen molar-refractivity contribution in [2.24, 2.45) is 0 Å². The largest absolute Gasteiger partial charge is 0.467 e. The first-order valence-electron chi connectivity index (χ1n) is 5.95. The summed E-state index contributed by atoms with van der Waals surface area (Å²) < 4.78 is 9.47. The Hall–Kier alpha value is -2.04. The number of methoxy groups -OCH3 is 2. The van der Waals surface area contributed by atoms with E-state index in [1.54, 1.807) is 6.92 Å². The third-order valence-corrected chi connectivity index (χ3v) is 2.98. The Morgan fingerprint density at radius 2 is 1.63 bits per heavy atom. The fourth-order valence-electron chi connectivity index (χ4n) is 2.00. The molecule has 5 nitrogen and oxygen atoms in total. The monoisotopic (exact) mass is 265 g/mol. The van der Waals surface area contributed by atoms with Gasteiger partial charge in [-0.15, -0.1) is 0 Å². The summed E-state index contributed by atoms with van der Waals surface area (Å²) in [4.78, 5) is 25.0. The predicted molar refractivity (Wildman–Crippen MR) is 72.3 cm³/mol. The number of amides is 1. The first-order valence-corrected chi connectivity index (χ1v) is 5.95. The number of aryl methyl sites for hydroxylation is 2. The summed E-state index contributed by atoms with van der Waals surface area (Å²) in [5.41, 5.74) is 2.45. The smallest absolute Gasteiger partial charge is 0.414 e. The Bertz CT molecular complexity index is 464. The van der Waals surface area contributed by atoms with Crippen LogP contribution in [0.2, 0.25) is 0 Å². The number of para-hydroxylation sites is 1. The molecule has 1 aromatic rings. The van der Waals surface area contributed by atoms with Crippen molar-refractivity contribution in [3.63, 3.8) is 0 Å². The first-order chi connectivity index (χ1) is 8.93. The molecule has 19 heavy (non-hydrogen) atoms. The lowest BCUT2D eigenvalue weighted by molar-refractivity contribution is -0.141. The van der Waals surface area contributed by atoms with Crippen LogP contribution in [0, 0.1) is 13.8 Å². The molecule has 1 unspecified atom stereocenters. The van der Waals surface area contributed by atoms with Crippen molar-refractivity contribution in [1.29, 1.82) is 0 Å². The fraction of sp³-hybridized carbons (Fsp3) is 0.429. The van der Waals surface area contributed by atoms with Crippen LogP contribution in [0.3, 0.4) is 0 Å². The third kappa shape index (κ3) is 3.05. The van der Waals surface area contributed by atoms with E-state index in [9.17, 15) is 9.59 Å². The van der Waals surface area contributed by atoms with Gasteiger partial charge in [0.1, 0.15) is 6.04 Å². The number of hydrogen-bond donors (Lipinski definition) is 0. The lowest BCUT2D eigenvalue weighted by Crippen LogP contribution is -2.44. The summed E-state index contributed by atoms with van der Waals surface area (Å²) in [6.45, 7) is 5.36. The van der Waals surface area contributed by atoms with E-state index in [1.165, 1.54) is 19.1 Å². The number of esters is 1. The molecule has 0 fully saturated rings. The molecule has 5 heteroatoms. The zero-order valence-electron chi connectivity index (χ0n) is 11.9. The van der Waals surface area contributed by atoms with Crippen molar-refractivity contribution in [3.8, 4) is 0 Å². The highest BCUT2D eigenvalue weighted by molar-refractivity contribution is 5.96. The van der Waals surface area contributed by atoms with Crippen molar-refractivity contribution in [3.05, 3.63) is 29.3 Å². The fourth-order valence-corrected chi connectivity index (χ4v) is 2.00. The van der Waals surface area contributed by atoms with Crippen LogP contribution in [0.15, 0.2) is 18.2 Å². The highest BCUT2D eigenvalue weighted by Gasteiger charge is 2.30. The van der Waals surface area contributed by atoms with Crippen molar-refractivity contribution in [2.45, 2.75) is 26.8 Å². The molecule has 0 N–H and O–H groups in total. The summed E-state index contributed by atoms with van der Waals surface area (Å²) in [5, 5.41) is 0. The molecule has 0 spiro atoms. The molecule has 1 atom stereocenters. The Labute approximate surface area is 113 Å². The Kier molecular flexibility index (Phi) is 4.92. The number of carbonyl (C=O) groups is 2. The van der Waals surface area contributed by atoms with Crippen LogP contribution in [0.1, 0.15) is 18.1 Å². The number of hydrogen-bond acceptors (Lipinski definition) is 4. The van der Waals surface area contributed by atoms with E-state index in [2.05, 4.69) is 0 Å². The quantitative estimate of drug-likeness (QED) is 0.788. The van der Waals surface area contributed by atoms with Gasteiger partial charge in [0.05, 0.1) is 19.9 Å². The van der Waals surface area contributed by atoms with Crippen LogP contribution in [-0.4, -0.2) is 32.3 Å². The molecular formula is C14H19NO4. The zero-order valence-corrected chi connectivity index (χ0v) is 11.9. The average Bonchev–Trinajstić information content (AvgIpc) is 2.40. The molecule has 0 aliphatic heterocycles. The van der Waals surface area contributed by atoms with Crippen LogP contribution in [0.25, 0.3) is 0 Å². The highest BCUT2D eigenvalue weighted by atomic mass is 16.5. The summed E-state index contributed by atoms with van der Waals surface area (Å²) in [6, 6.07) is 4.90. The third-order valence-electron chi connectivity index (χ3n) is 2.98. The van der Waals surface area contributed by atoms with E-state index in [4.69, 9.17) is 9.47 Å². The summed E-state index contributed by atoms with van der Waals surface area (Å²) in [5.74, 6) is -0.493. The predicted octanol–water partition coefficient (Wildman–Crippen LogP) is 2.44. The standard InChI is InChI=1S/C14H19NO4/c1-9-7-6-8-10(2)12(9)15(14(17)19-5)11(3)13(16)18-4/h6-8,11H,1-5H3. The van der Waals surface area contributed by atoms with Crippen LogP contribution >= 0.6 is 0 Å². The van der Waals surface area contributed by atoms with Gasteiger partial charge in [-0.05, 0) is 31.9 Å². The summed E-state index contributed by atoms with van der Waals surface area (Å²) in [6.07, 6.45) is -0.588. The van der Waals surface area contributed by atoms with Crippen molar-refractivity contribution < 1.29 is 19.1 Å². The van der Waals surface area contributed by atoms with Crippen LogP contribution in [0.4, 0.5) is 10.5 Å². The van der Waals surface area contributed by atoms with Crippen molar-refractivity contribution in [2.75, 3.05) is 19.1 Å². The van der Waals surface area contributed by atoms with Gasteiger partial charge in [-0.2, -0.15) is 0 Å². The molecule has 0 heterocycles. The number of anilines is 1. The van der Waals surface area contributed by atoms with Gasteiger partial charge in [0, 0.05) is 0 Å². The summed E-state index contributed by atoms with van der Waals surface area (Å²) >= 11 is 0. The second-order valence-corrected chi connectivity index (χ2v) is 4.28. The Morgan fingerprint density at radius 1 is 1.11 bits per heavy atom. The van der Waals surface area contributed by atoms with E-state index in [0.29, 0.717) is 5.69 Å². The molecule has 1 aromatic carbocycles. The van der Waals surface area contributed by atoms with Gasteiger partial charge >= 0.3 is 12.1 Å². The molecule has 0 saturated heterocycles. The first kappa shape index (κ1) is 15.0. The van der Waals surface area contributed by atoms with E-state index in [-0.39, 0.29) is 0 Å². The van der Waals surface area contributed by atoms with E-state index < -0.39 is 18.1 Å². The molecule has 0 aliphatic rings. The minimum absolute atomic E-state index is 0.493. The molecule has 1 amide bonds. The van der Waals surface area contributed by atoms with Gasteiger partial charge in [0.15, 0.2) is 0 Å². The maximum absolute atomic E-state index is 12.0. The Balaban J connectivity index is 3.32. The van der Waals surface area contributed by atoms with Gasteiger partial charge in [0.2, 0.25) is 0 Å². The van der Waals surface area contributed by atoms with Crippen molar-refractivity contribution >= 4 is 17.7 Å². The van der Waals surface area contributed by atoms with E-state index in [1.807, 2.05) is 32.0 Å². The molecule has 0 aliphatic carbocycles. The molecule has 0 saturated carbocycles. The SMILES string of the molecule is COC(=O)C(C)N(C(=O)OC)c1c(C)cccc1C. The number of rotatable bonds is 3. The van der Waals surface area contributed by atoms with Crippen LogP contribution in [-0.2, 0) is 14.3 Å². The molecule has 104 valence electrons. The van der Waals surface area contributed by atoms with Gasteiger partial charge in [-0.25, -0.2) is 9.59 Å². The van der Waals surface area contributed by atoms with E-state index >= 15 is 0 Å². The highest BCUT2D eigenvalue weighted by Crippen LogP contribution is 2.27. The molecular weight excluding hydrogens is 246 g/mol. The zero-order chi connectivity index (χ0) is 14.6. The van der Waals surface area contributed by atoms with E-state index in [0.717, 1.165) is 11.1 Å². The van der Waals surface area contributed by atoms with Crippen molar-refractivity contribution in [1.82, 2.24) is 0 Å². The summed E-state index contributed by atoms with van der Waals surface area (Å²) in [7, 11) is 2.58. The number of carbonyl (C=O) groups excluding carboxylic acids is 2. The maximum atomic E-state index is 12.0. The number of nitrogens with zero attached hydrogens (tertiary/aromatic N) is 1. The number of benzene rings is 1. The average molecular weight is 265 g/mol. The molecule has 0 aromatic heterocycles. The molecule has 0 radical (unpaired) electrons. The van der Waals surface area contributed by atoms with Gasteiger partial charge in [-0.3, -0.25) is 4.90 Å². The normalized spacial score (nSPS) is 11.6. The Morgan fingerprint density at radius 3 is 2.05 bits per heavy atom. The van der Waals surface area contributed by atoms with Gasteiger partial charge in [0.25, 0.3) is 0 Å². The van der Waals surface area contributed by atoms with Crippen LogP contribution < -0.4 is 4.90 Å². The number of ether oxygens (including phenoxy) is 2. The van der Waals surface area contributed by atoms with Gasteiger partial charge in [-0.1, -0.05) is 18.2 Å². The second-order valence-electron chi connectivity index (χ2n) is 4.28. The van der Waals surface area contributed by atoms with Crippen LogP contribution in [0.5, 0.6) is 0 Å². The maximum Gasteiger partial charge on any atom is 0.414 e. The minimum atomic E-state index is -0.753. The minimum Gasteiger partial charge on any atom is -0.467 e. The second kappa shape index (κ2) is 6.22. The topological polar surface area (TPSA) is 55.8 Å².